The molecule has 1 aromatic rings. The zero-order valence-corrected chi connectivity index (χ0v) is 8.00. The molecule has 0 aromatic carbocycles. The smallest absolute Gasteiger partial charge is 0.248 e. The number of nitrogens with zero attached hydrogens (tertiary/aromatic N) is 3. The Labute approximate surface area is 81.8 Å². The summed E-state index contributed by atoms with van der Waals surface area (Å²) in [6, 6.07) is 0. The molecule has 78 valence electrons. The number of aryl methyl sites for hydroxylation is 1. The average molecular weight is 199 g/mol. The second-order valence-corrected chi connectivity index (χ2v) is 2.50. The van der Waals surface area contributed by atoms with Gasteiger partial charge < -0.3 is 15.3 Å². The van der Waals surface area contributed by atoms with Crippen LogP contribution in [0.2, 0.25) is 0 Å². The maximum atomic E-state index is 8.25. The number of rotatable bonds is 3. The average Bonchev–Trinajstić information content (AvgIpc) is 2.52. The van der Waals surface area contributed by atoms with E-state index in [1.165, 1.54) is 6.42 Å². The van der Waals surface area contributed by atoms with Gasteiger partial charge in [0.2, 0.25) is 6.33 Å². The van der Waals surface area contributed by atoms with Crippen LogP contribution in [-0.2, 0) is 6.54 Å². The van der Waals surface area contributed by atoms with E-state index in [4.69, 9.17) is 15.3 Å². The van der Waals surface area contributed by atoms with E-state index >= 15 is 0 Å². The van der Waals surface area contributed by atoms with Gasteiger partial charge in [-0.15, -0.1) is 0 Å². The summed E-state index contributed by atoms with van der Waals surface area (Å²) in [7, 11) is 0. The minimum absolute atomic E-state index is 1.08. The van der Waals surface area contributed by atoms with Gasteiger partial charge in [0.05, 0.1) is 17.8 Å². The number of imidazole rings is 1. The summed E-state index contributed by atoms with van der Waals surface area (Å²) in [6.07, 6.45) is 9.02. The van der Waals surface area contributed by atoms with Crippen LogP contribution in [0.5, 0.6) is 0 Å². The van der Waals surface area contributed by atoms with Crippen LogP contribution in [0.15, 0.2) is 25.3 Å². The molecule has 0 aliphatic heterocycles. The highest BCUT2D eigenvalue weighted by Crippen LogP contribution is 1.83. The first kappa shape index (κ1) is 12.2. The molecule has 0 saturated heterocycles. The first-order valence-electron chi connectivity index (χ1n) is 4.10. The van der Waals surface area contributed by atoms with E-state index in [1.807, 2.05) is 23.3 Å². The van der Waals surface area contributed by atoms with Crippen LogP contribution in [0.3, 0.4) is 0 Å². The van der Waals surface area contributed by atoms with Gasteiger partial charge in [-0.25, -0.2) is 9.13 Å². The zero-order valence-electron chi connectivity index (χ0n) is 8.00. The Bertz CT molecular complexity index is 292. The molecule has 1 aromatic heterocycles. The SMILES string of the molecule is C=Cn1cc[n+](CCC)c1.O=[N+]([O-])[O-]. The maximum Gasteiger partial charge on any atom is 0.248 e. The van der Waals surface area contributed by atoms with Gasteiger partial charge in [-0.05, 0) is 6.42 Å². The Morgan fingerprint density at radius 3 is 2.57 bits per heavy atom. The summed E-state index contributed by atoms with van der Waals surface area (Å²) in [5.41, 5.74) is 0. The van der Waals surface area contributed by atoms with E-state index in [2.05, 4.69) is 18.1 Å². The Morgan fingerprint density at radius 2 is 2.21 bits per heavy atom. The number of hydrogen-bond acceptors (Lipinski definition) is 3. The van der Waals surface area contributed by atoms with Gasteiger partial charge in [0.25, 0.3) is 0 Å². The third kappa shape index (κ3) is 5.76. The molecule has 1 rings (SSSR count). The van der Waals surface area contributed by atoms with Crippen LogP contribution in [0, 0.1) is 15.3 Å². The van der Waals surface area contributed by atoms with Crippen molar-refractivity contribution in [3.05, 3.63) is 40.6 Å². The van der Waals surface area contributed by atoms with Crippen molar-refractivity contribution in [3.63, 3.8) is 0 Å². The molecule has 0 saturated carbocycles. The van der Waals surface area contributed by atoms with Crippen LogP contribution in [0.4, 0.5) is 0 Å². The number of hydrogen-bond donors (Lipinski definition) is 0. The summed E-state index contributed by atoms with van der Waals surface area (Å²) in [5.74, 6) is 0. The minimum atomic E-state index is -1.75. The summed E-state index contributed by atoms with van der Waals surface area (Å²) < 4.78 is 4.08. The Morgan fingerprint density at radius 1 is 1.64 bits per heavy atom. The standard InChI is InChI=1S/C8H13N2.NO3/c1-3-5-10-7-6-9(4-2)8-10;2-1(3)4/h4,6-8H,2-3,5H2,1H3;/q+1;-1. The molecule has 0 amide bonds. The van der Waals surface area contributed by atoms with Crippen molar-refractivity contribution >= 4 is 6.20 Å². The fourth-order valence-electron chi connectivity index (χ4n) is 0.909. The van der Waals surface area contributed by atoms with Gasteiger partial charge in [0.15, 0.2) is 0 Å². The lowest BCUT2D eigenvalue weighted by Crippen LogP contribution is -2.30. The van der Waals surface area contributed by atoms with Gasteiger partial charge in [0.1, 0.15) is 12.4 Å². The highest BCUT2D eigenvalue weighted by Gasteiger charge is 1.96. The molecule has 0 spiro atoms. The normalized spacial score (nSPS) is 8.64. The van der Waals surface area contributed by atoms with Crippen molar-refractivity contribution in [2.24, 2.45) is 0 Å². The molecule has 6 nitrogen and oxygen atoms in total. The van der Waals surface area contributed by atoms with E-state index in [1.54, 1.807) is 6.20 Å². The van der Waals surface area contributed by atoms with Gasteiger partial charge in [-0.3, -0.25) is 0 Å². The molecule has 14 heavy (non-hydrogen) atoms. The molecule has 0 unspecified atom stereocenters. The summed E-state index contributed by atoms with van der Waals surface area (Å²) in [4.78, 5) is 8.25. The summed E-state index contributed by atoms with van der Waals surface area (Å²) in [5, 5.41) is 14.8. The number of aromatic nitrogens is 2. The fourth-order valence-corrected chi connectivity index (χ4v) is 0.909. The summed E-state index contributed by atoms with van der Waals surface area (Å²) in [6.45, 7) is 6.90. The molecule has 0 bridgehead atoms. The monoisotopic (exact) mass is 199 g/mol. The topological polar surface area (TPSA) is 75.0 Å². The Hall–Kier alpha value is -1.85. The van der Waals surface area contributed by atoms with Crippen molar-refractivity contribution in [2.75, 3.05) is 0 Å². The lowest BCUT2D eigenvalue weighted by Gasteiger charge is -1.86. The molecular weight excluding hydrogens is 186 g/mol. The van der Waals surface area contributed by atoms with Crippen LogP contribution < -0.4 is 4.57 Å². The molecule has 0 N–H and O–H groups in total. The van der Waals surface area contributed by atoms with Crippen molar-refractivity contribution in [1.82, 2.24) is 4.57 Å². The lowest BCUT2D eigenvalue weighted by atomic mass is 10.5. The maximum absolute atomic E-state index is 8.25. The predicted octanol–water partition coefficient (Wildman–Crippen LogP) is 1.05. The molecule has 0 fully saturated rings. The Kier molecular flexibility index (Phi) is 5.77. The van der Waals surface area contributed by atoms with Gasteiger partial charge in [-0.1, -0.05) is 13.5 Å². The quantitative estimate of drug-likeness (QED) is 0.414. The van der Waals surface area contributed by atoms with Crippen LogP contribution in [0.1, 0.15) is 13.3 Å². The van der Waals surface area contributed by atoms with E-state index in [9.17, 15) is 0 Å². The zero-order chi connectivity index (χ0) is 11.0. The third-order valence-corrected chi connectivity index (χ3v) is 1.40. The van der Waals surface area contributed by atoms with Crippen LogP contribution in [-0.4, -0.2) is 9.65 Å². The second kappa shape index (κ2) is 6.64. The summed E-state index contributed by atoms with van der Waals surface area (Å²) >= 11 is 0. The van der Waals surface area contributed by atoms with Gasteiger partial charge >= 0.3 is 0 Å². The van der Waals surface area contributed by atoms with E-state index < -0.39 is 5.09 Å². The van der Waals surface area contributed by atoms with Crippen LogP contribution in [0.25, 0.3) is 6.20 Å². The van der Waals surface area contributed by atoms with Crippen molar-refractivity contribution in [2.45, 2.75) is 19.9 Å². The van der Waals surface area contributed by atoms with Crippen molar-refractivity contribution in [3.8, 4) is 0 Å². The van der Waals surface area contributed by atoms with E-state index in [-0.39, 0.29) is 0 Å². The lowest BCUT2D eigenvalue weighted by molar-refractivity contribution is -0.696. The van der Waals surface area contributed by atoms with E-state index in [0.29, 0.717) is 0 Å². The second-order valence-electron chi connectivity index (χ2n) is 2.50. The first-order chi connectivity index (χ1) is 6.60. The largest absolute Gasteiger partial charge is 0.356 e. The fraction of sp³-hybridized carbons (Fsp3) is 0.375. The first-order valence-corrected chi connectivity index (χ1v) is 4.10. The van der Waals surface area contributed by atoms with E-state index in [0.717, 1.165) is 6.54 Å². The molecule has 1 heterocycles. The minimum Gasteiger partial charge on any atom is -0.356 e. The molecule has 0 aliphatic rings. The van der Waals surface area contributed by atoms with Gasteiger partial charge in [0, 0.05) is 0 Å². The highest BCUT2D eigenvalue weighted by molar-refractivity contribution is 5.12. The molecule has 0 atom stereocenters. The van der Waals surface area contributed by atoms with Crippen LogP contribution >= 0.6 is 0 Å². The highest BCUT2D eigenvalue weighted by atomic mass is 16.9. The molecule has 6 heteroatoms. The Balaban J connectivity index is 0.000000364. The molecule has 0 radical (unpaired) electrons. The van der Waals surface area contributed by atoms with Gasteiger partial charge in [-0.2, -0.15) is 0 Å². The van der Waals surface area contributed by atoms with Crippen molar-refractivity contribution < 1.29 is 9.65 Å². The predicted molar refractivity (Wildman–Crippen MR) is 51.7 cm³/mol. The molecular formula is C8H13N3O3. The van der Waals surface area contributed by atoms with Crippen molar-refractivity contribution in [1.29, 1.82) is 0 Å². The molecule has 0 aliphatic carbocycles. The third-order valence-electron chi connectivity index (χ3n) is 1.40.